The van der Waals surface area contributed by atoms with Gasteiger partial charge in [0.15, 0.2) is 0 Å². The molecule has 0 aromatic heterocycles. The number of morpholine rings is 1. The molecule has 0 radical (unpaired) electrons. The third-order valence-corrected chi connectivity index (χ3v) is 5.34. The summed E-state index contributed by atoms with van der Waals surface area (Å²) in [6, 6.07) is 0. The maximum absolute atomic E-state index is 12.4. The molecular weight excluding hydrogens is 306 g/mol. The van der Waals surface area contributed by atoms with E-state index in [9.17, 15) is 9.59 Å². The minimum Gasteiger partial charge on any atom is -0.379 e. The van der Waals surface area contributed by atoms with Crippen molar-refractivity contribution in [1.82, 2.24) is 15.1 Å². The number of piperidine rings is 1. The molecule has 2 fully saturated rings. The van der Waals surface area contributed by atoms with E-state index in [0.717, 1.165) is 71.6 Å². The molecule has 2 heterocycles. The van der Waals surface area contributed by atoms with Crippen molar-refractivity contribution >= 4 is 11.8 Å². The smallest absolute Gasteiger partial charge is 0.225 e. The highest BCUT2D eigenvalue weighted by Gasteiger charge is 2.29. The standard InChI is InChI=1S/C18H33N3O3/c1-3-15(4-2)18(23)21-8-5-16(6-9-21)17(22)19-7-10-20-11-13-24-14-12-20/h15-16H,3-14H2,1-2H3,(H,19,22). The number of ether oxygens (including phenoxy) is 1. The zero-order valence-electron chi connectivity index (χ0n) is 15.3. The van der Waals surface area contributed by atoms with Gasteiger partial charge in [-0.1, -0.05) is 13.8 Å². The zero-order valence-corrected chi connectivity index (χ0v) is 15.3. The highest BCUT2D eigenvalue weighted by molar-refractivity contribution is 5.81. The summed E-state index contributed by atoms with van der Waals surface area (Å²) < 4.78 is 5.32. The highest BCUT2D eigenvalue weighted by atomic mass is 16.5. The summed E-state index contributed by atoms with van der Waals surface area (Å²) in [4.78, 5) is 29.0. The summed E-state index contributed by atoms with van der Waals surface area (Å²) in [7, 11) is 0. The van der Waals surface area contributed by atoms with Gasteiger partial charge in [0.05, 0.1) is 13.2 Å². The summed E-state index contributed by atoms with van der Waals surface area (Å²) in [5, 5.41) is 3.06. The fraction of sp³-hybridized carbons (Fsp3) is 0.889. The van der Waals surface area contributed by atoms with Gasteiger partial charge in [0.2, 0.25) is 11.8 Å². The van der Waals surface area contributed by atoms with Crippen LogP contribution < -0.4 is 5.32 Å². The second-order valence-electron chi connectivity index (χ2n) is 6.86. The van der Waals surface area contributed by atoms with Crippen molar-refractivity contribution in [1.29, 1.82) is 0 Å². The van der Waals surface area contributed by atoms with Crippen LogP contribution in [0.15, 0.2) is 0 Å². The first-order valence-corrected chi connectivity index (χ1v) is 9.52. The van der Waals surface area contributed by atoms with Gasteiger partial charge < -0.3 is 15.0 Å². The molecule has 0 aromatic rings. The van der Waals surface area contributed by atoms with E-state index in [4.69, 9.17) is 4.74 Å². The van der Waals surface area contributed by atoms with Crippen LogP contribution in [0.3, 0.4) is 0 Å². The largest absolute Gasteiger partial charge is 0.379 e. The van der Waals surface area contributed by atoms with Crippen molar-refractivity contribution in [3.63, 3.8) is 0 Å². The second kappa shape index (κ2) is 9.99. The van der Waals surface area contributed by atoms with Gasteiger partial charge in [-0.05, 0) is 25.7 Å². The Bertz CT molecular complexity index is 398. The molecular formula is C18H33N3O3. The molecule has 1 N–H and O–H groups in total. The molecule has 2 amide bonds. The fourth-order valence-corrected chi connectivity index (χ4v) is 3.56. The van der Waals surface area contributed by atoms with E-state index in [0.29, 0.717) is 6.54 Å². The maximum atomic E-state index is 12.4. The van der Waals surface area contributed by atoms with Gasteiger partial charge in [0.25, 0.3) is 0 Å². The molecule has 6 nitrogen and oxygen atoms in total. The molecule has 24 heavy (non-hydrogen) atoms. The predicted molar refractivity (Wildman–Crippen MR) is 93.6 cm³/mol. The molecule has 2 aliphatic heterocycles. The Labute approximate surface area is 145 Å². The Morgan fingerprint density at radius 2 is 1.71 bits per heavy atom. The van der Waals surface area contributed by atoms with Crippen molar-refractivity contribution in [3.8, 4) is 0 Å². The molecule has 0 aromatic carbocycles. The number of hydrogen-bond donors (Lipinski definition) is 1. The Morgan fingerprint density at radius 3 is 2.29 bits per heavy atom. The number of amides is 2. The van der Waals surface area contributed by atoms with E-state index < -0.39 is 0 Å². The molecule has 0 bridgehead atoms. The van der Waals surface area contributed by atoms with Crippen LogP contribution in [-0.2, 0) is 14.3 Å². The van der Waals surface area contributed by atoms with E-state index in [1.807, 2.05) is 4.90 Å². The van der Waals surface area contributed by atoms with Gasteiger partial charge in [0.1, 0.15) is 0 Å². The van der Waals surface area contributed by atoms with Crippen LogP contribution in [0.4, 0.5) is 0 Å². The van der Waals surface area contributed by atoms with E-state index in [1.165, 1.54) is 0 Å². The van der Waals surface area contributed by atoms with Crippen molar-refractivity contribution in [2.24, 2.45) is 11.8 Å². The van der Waals surface area contributed by atoms with Crippen LogP contribution >= 0.6 is 0 Å². The molecule has 6 heteroatoms. The molecule has 2 aliphatic rings. The molecule has 0 spiro atoms. The third-order valence-electron chi connectivity index (χ3n) is 5.34. The first kappa shape index (κ1) is 19.2. The lowest BCUT2D eigenvalue weighted by Crippen LogP contribution is -2.46. The molecule has 2 rings (SSSR count). The average Bonchev–Trinajstić information content (AvgIpc) is 2.63. The summed E-state index contributed by atoms with van der Waals surface area (Å²) in [6.07, 6.45) is 3.37. The summed E-state index contributed by atoms with van der Waals surface area (Å²) in [5.74, 6) is 0.619. The van der Waals surface area contributed by atoms with Crippen LogP contribution in [-0.4, -0.2) is 74.1 Å². The van der Waals surface area contributed by atoms with Crippen molar-refractivity contribution in [3.05, 3.63) is 0 Å². The van der Waals surface area contributed by atoms with Gasteiger partial charge in [0, 0.05) is 51.1 Å². The number of nitrogens with one attached hydrogen (secondary N) is 1. The van der Waals surface area contributed by atoms with Crippen LogP contribution in [0.1, 0.15) is 39.5 Å². The Balaban J connectivity index is 1.65. The van der Waals surface area contributed by atoms with E-state index in [1.54, 1.807) is 0 Å². The van der Waals surface area contributed by atoms with E-state index >= 15 is 0 Å². The Hall–Kier alpha value is -1.14. The number of hydrogen-bond acceptors (Lipinski definition) is 4. The lowest BCUT2D eigenvalue weighted by Gasteiger charge is -2.33. The second-order valence-corrected chi connectivity index (χ2v) is 6.86. The highest BCUT2D eigenvalue weighted by Crippen LogP contribution is 2.21. The minimum atomic E-state index is 0.0560. The van der Waals surface area contributed by atoms with Crippen molar-refractivity contribution in [2.75, 3.05) is 52.5 Å². The number of carbonyl (C=O) groups is 2. The fourth-order valence-electron chi connectivity index (χ4n) is 3.56. The Kier molecular flexibility index (Phi) is 7.99. The third kappa shape index (κ3) is 5.45. The first-order chi connectivity index (χ1) is 11.7. The maximum Gasteiger partial charge on any atom is 0.225 e. The van der Waals surface area contributed by atoms with Crippen LogP contribution in [0, 0.1) is 11.8 Å². The van der Waals surface area contributed by atoms with Crippen molar-refractivity contribution in [2.45, 2.75) is 39.5 Å². The zero-order chi connectivity index (χ0) is 17.4. The summed E-state index contributed by atoms with van der Waals surface area (Å²) >= 11 is 0. The van der Waals surface area contributed by atoms with Gasteiger partial charge in [-0.25, -0.2) is 0 Å². The Morgan fingerprint density at radius 1 is 1.08 bits per heavy atom. The van der Waals surface area contributed by atoms with Crippen LogP contribution in [0.25, 0.3) is 0 Å². The number of carbonyl (C=O) groups excluding carboxylic acids is 2. The molecule has 0 atom stereocenters. The van der Waals surface area contributed by atoms with Gasteiger partial charge >= 0.3 is 0 Å². The molecule has 138 valence electrons. The predicted octanol–water partition coefficient (Wildman–Crippen LogP) is 1.11. The van der Waals surface area contributed by atoms with Gasteiger partial charge in [-0.2, -0.15) is 0 Å². The van der Waals surface area contributed by atoms with E-state index in [-0.39, 0.29) is 23.7 Å². The van der Waals surface area contributed by atoms with Crippen LogP contribution in [0.5, 0.6) is 0 Å². The summed E-state index contributed by atoms with van der Waals surface area (Å²) in [6.45, 7) is 10.6. The van der Waals surface area contributed by atoms with E-state index in [2.05, 4.69) is 24.1 Å². The SMILES string of the molecule is CCC(CC)C(=O)N1CCC(C(=O)NCCN2CCOCC2)CC1. The van der Waals surface area contributed by atoms with Gasteiger partial charge in [-0.3, -0.25) is 14.5 Å². The topological polar surface area (TPSA) is 61.9 Å². The lowest BCUT2D eigenvalue weighted by atomic mass is 9.93. The summed E-state index contributed by atoms with van der Waals surface area (Å²) in [5.41, 5.74) is 0. The number of rotatable bonds is 7. The molecule has 2 saturated heterocycles. The number of likely N-dealkylation sites (tertiary alicyclic amines) is 1. The normalized spacial score (nSPS) is 20.4. The number of nitrogens with zero attached hydrogens (tertiary/aromatic N) is 2. The lowest BCUT2D eigenvalue weighted by molar-refractivity contribution is -0.139. The quantitative estimate of drug-likeness (QED) is 0.755. The first-order valence-electron chi connectivity index (χ1n) is 9.52. The van der Waals surface area contributed by atoms with Crippen LogP contribution in [0.2, 0.25) is 0 Å². The molecule has 0 saturated carbocycles. The molecule has 0 aliphatic carbocycles. The van der Waals surface area contributed by atoms with Gasteiger partial charge in [-0.15, -0.1) is 0 Å². The van der Waals surface area contributed by atoms with Crippen molar-refractivity contribution < 1.29 is 14.3 Å². The average molecular weight is 339 g/mol. The monoisotopic (exact) mass is 339 g/mol. The minimum absolute atomic E-state index is 0.0560. The molecule has 0 unspecified atom stereocenters.